The minimum absolute atomic E-state index is 0.600. The predicted molar refractivity (Wildman–Crippen MR) is 133 cm³/mol. The lowest BCUT2D eigenvalue weighted by molar-refractivity contribution is 0.120. The average Bonchev–Trinajstić information content (AvgIpc) is 3.18. The number of ether oxygens (including phenoxy) is 1. The lowest BCUT2D eigenvalue weighted by Gasteiger charge is -2.41. The topological polar surface area (TPSA) is 28.3 Å². The van der Waals surface area contributed by atoms with Crippen LogP contribution in [0, 0.1) is 11.8 Å². The molecule has 1 aliphatic heterocycles. The molecule has 5 rings (SSSR count). The Kier molecular flexibility index (Phi) is 6.00. The van der Waals surface area contributed by atoms with Crippen LogP contribution in [-0.2, 0) is 19.4 Å². The van der Waals surface area contributed by atoms with E-state index in [1.165, 1.54) is 46.1 Å². The van der Waals surface area contributed by atoms with E-state index in [9.17, 15) is 0 Å². The van der Waals surface area contributed by atoms with Crippen LogP contribution in [0.25, 0.3) is 10.9 Å². The summed E-state index contributed by atoms with van der Waals surface area (Å²) < 4.78 is 6.12. The number of aromatic amines is 1. The quantitative estimate of drug-likeness (QED) is 0.466. The number of nitrogens with one attached hydrogen (secondary N) is 1. The summed E-state index contributed by atoms with van der Waals surface area (Å²) >= 11 is 0. The van der Waals surface area contributed by atoms with Crippen molar-refractivity contribution in [2.24, 2.45) is 11.8 Å². The molecule has 2 atom stereocenters. The van der Waals surface area contributed by atoms with Gasteiger partial charge >= 0.3 is 0 Å². The SMILES string of the molecule is C=C/C=C(\C=C)CN1CCC2Cc3[nH]c4ccc(OCc5ccccc5)cc4c3CC2C1. The molecule has 2 heterocycles. The lowest BCUT2D eigenvalue weighted by Crippen LogP contribution is -2.44. The van der Waals surface area contributed by atoms with E-state index in [-0.39, 0.29) is 0 Å². The van der Waals surface area contributed by atoms with E-state index in [2.05, 4.69) is 71.6 Å². The molecule has 0 bridgehead atoms. The maximum atomic E-state index is 6.12. The van der Waals surface area contributed by atoms with Gasteiger partial charge in [0.05, 0.1) is 0 Å². The number of aromatic nitrogens is 1. The molecule has 2 aliphatic rings. The summed E-state index contributed by atoms with van der Waals surface area (Å²) in [4.78, 5) is 6.31. The van der Waals surface area contributed by atoms with Gasteiger partial charge in [-0.3, -0.25) is 4.90 Å². The molecule has 164 valence electrons. The van der Waals surface area contributed by atoms with Crippen molar-refractivity contribution in [3.05, 3.63) is 102 Å². The first-order valence-electron chi connectivity index (χ1n) is 11.7. The highest BCUT2D eigenvalue weighted by Gasteiger charge is 2.35. The number of nitrogens with zero attached hydrogens (tertiary/aromatic N) is 1. The van der Waals surface area contributed by atoms with Crippen molar-refractivity contribution in [2.45, 2.75) is 25.9 Å². The average molecular weight is 425 g/mol. The normalized spacial score (nSPS) is 21.1. The summed E-state index contributed by atoms with van der Waals surface area (Å²) in [6, 6.07) is 16.9. The van der Waals surface area contributed by atoms with Crippen molar-refractivity contribution in [3.63, 3.8) is 0 Å². The van der Waals surface area contributed by atoms with Gasteiger partial charge in [0.2, 0.25) is 0 Å². The summed E-state index contributed by atoms with van der Waals surface area (Å²) in [5.74, 6) is 2.43. The van der Waals surface area contributed by atoms with Gasteiger partial charge in [0, 0.05) is 29.7 Å². The number of fused-ring (bicyclic) bond motifs is 4. The fourth-order valence-corrected chi connectivity index (χ4v) is 5.44. The van der Waals surface area contributed by atoms with Crippen LogP contribution in [0.5, 0.6) is 5.75 Å². The third-order valence-corrected chi connectivity index (χ3v) is 7.12. The van der Waals surface area contributed by atoms with Gasteiger partial charge in [-0.1, -0.05) is 61.7 Å². The monoisotopic (exact) mass is 424 g/mol. The van der Waals surface area contributed by atoms with Gasteiger partial charge in [-0.15, -0.1) is 0 Å². The van der Waals surface area contributed by atoms with Gasteiger partial charge in [0.25, 0.3) is 0 Å². The third-order valence-electron chi connectivity index (χ3n) is 7.12. The van der Waals surface area contributed by atoms with Crippen LogP contribution < -0.4 is 4.74 Å². The minimum atomic E-state index is 0.600. The second-order valence-electron chi connectivity index (χ2n) is 9.20. The number of allylic oxidation sites excluding steroid dienone is 2. The Bertz CT molecular complexity index is 1140. The molecular weight excluding hydrogens is 392 g/mol. The van der Waals surface area contributed by atoms with Crippen molar-refractivity contribution in [1.29, 1.82) is 0 Å². The van der Waals surface area contributed by atoms with E-state index in [0.29, 0.717) is 12.5 Å². The Balaban J connectivity index is 1.33. The molecule has 0 amide bonds. The predicted octanol–water partition coefficient (Wildman–Crippen LogP) is 6.08. The standard InChI is InChI=1S/C29H32N2O/c1-3-8-21(4-2)18-31-14-13-23-16-29-26(15-24(23)19-31)27-17-25(11-12-28(27)30-29)32-20-22-9-6-5-7-10-22/h3-12,17,23-24,30H,1-2,13-16,18-20H2/b21-8+. The lowest BCUT2D eigenvalue weighted by atomic mass is 9.74. The summed E-state index contributed by atoms with van der Waals surface area (Å²) in [6.07, 6.45) is 9.48. The highest BCUT2D eigenvalue weighted by molar-refractivity contribution is 5.86. The summed E-state index contributed by atoms with van der Waals surface area (Å²) in [7, 11) is 0. The number of rotatable bonds is 7. The van der Waals surface area contributed by atoms with Crippen LogP contribution >= 0.6 is 0 Å². The molecule has 3 nitrogen and oxygen atoms in total. The number of benzene rings is 2. The molecule has 0 saturated carbocycles. The van der Waals surface area contributed by atoms with Crippen LogP contribution in [-0.4, -0.2) is 29.5 Å². The van der Waals surface area contributed by atoms with Crippen molar-refractivity contribution >= 4 is 10.9 Å². The zero-order valence-electron chi connectivity index (χ0n) is 18.7. The van der Waals surface area contributed by atoms with E-state index >= 15 is 0 Å². The molecule has 1 aromatic heterocycles. The van der Waals surface area contributed by atoms with Gasteiger partial charge in [0.15, 0.2) is 0 Å². The molecule has 0 spiro atoms. The Labute approximate surface area is 191 Å². The number of piperidine rings is 1. The number of hydrogen-bond acceptors (Lipinski definition) is 2. The fraction of sp³-hybridized carbons (Fsp3) is 0.310. The fourth-order valence-electron chi connectivity index (χ4n) is 5.44. The first kappa shape index (κ1) is 20.8. The van der Waals surface area contributed by atoms with Crippen LogP contribution in [0.4, 0.5) is 0 Å². The molecule has 2 aromatic carbocycles. The Morgan fingerprint density at radius 1 is 1.09 bits per heavy atom. The first-order chi connectivity index (χ1) is 15.7. The smallest absolute Gasteiger partial charge is 0.120 e. The van der Waals surface area contributed by atoms with Gasteiger partial charge in [-0.2, -0.15) is 0 Å². The van der Waals surface area contributed by atoms with Gasteiger partial charge in [0.1, 0.15) is 12.4 Å². The van der Waals surface area contributed by atoms with Crippen LogP contribution in [0.2, 0.25) is 0 Å². The second-order valence-corrected chi connectivity index (χ2v) is 9.20. The van der Waals surface area contributed by atoms with Crippen molar-refractivity contribution < 1.29 is 4.74 Å². The zero-order valence-corrected chi connectivity index (χ0v) is 18.7. The van der Waals surface area contributed by atoms with Crippen molar-refractivity contribution in [3.8, 4) is 5.75 Å². The summed E-state index contributed by atoms with van der Waals surface area (Å²) in [6.45, 7) is 11.7. The van der Waals surface area contributed by atoms with Gasteiger partial charge in [-0.25, -0.2) is 0 Å². The van der Waals surface area contributed by atoms with Crippen molar-refractivity contribution in [2.75, 3.05) is 19.6 Å². The van der Waals surface area contributed by atoms with Crippen molar-refractivity contribution in [1.82, 2.24) is 9.88 Å². The second kappa shape index (κ2) is 9.22. The van der Waals surface area contributed by atoms with Gasteiger partial charge in [-0.05, 0) is 72.5 Å². The Morgan fingerprint density at radius 3 is 2.78 bits per heavy atom. The van der Waals surface area contributed by atoms with E-state index in [1.807, 2.05) is 18.2 Å². The van der Waals surface area contributed by atoms with E-state index in [0.717, 1.165) is 37.7 Å². The highest BCUT2D eigenvalue weighted by atomic mass is 16.5. The Hall–Kier alpha value is -3.04. The van der Waals surface area contributed by atoms with Crippen LogP contribution in [0.15, 0.2) is 85.5 Å². The molecular formula is C29H32N2O. The summed E-state index contributed by atoms with van der Waals surface area (Å²) in [5, 5.41) is 1.33. The molecule has 1 fully saturated rings. The molecule has 2 unspecified atom stereocenters. The molecule has 3 heteroatoms. The molecule has 1 N–H and O–H groups in total. The minimum Gasteiger partial charge on any atom is -0.489 e. The van der Waals surface area contributed by atoms with Crippen LogP contribution in [0.3, 0.4) is 0 Å². The number of H-pyrrole nitrogens is 1. The third kappa shape index (κ3) is 4.31. The van der Waals surface area contributed by atoms with E-state index in [1.54, 1.807) is 0 Å². The molecule has 32 heavy (non-hydrogen) atoms. The maximum Gasteiger partial charge on any atom is 0.120 e. The number of hydrogen-bond donors (Lipinski definition) is 1. The number of likely N-dealkylation sites (tertiary alicyclic amines) is 1. The first-order valence-corrected chi connectivity index (χ1v) is 11.7. The molecule has 0 radical (unpaired) electrons. The Morgan fingerprint density at radius 2 is 1.97 bits per heavy atom. The highest BCUT2D eigenvalue weighted by Crippen LogP contribution is 2.39. The van der Waals surface area contributed by atoms with E-state index in [4.69, 9.17) is 4.74 Å². The largest absolute Gasteiger partial charge is 0.489 e. The molecule has 1 aliphatic carbocycles. The maximum absolute atomic E-state index is 6.12. The van der Waals surface area contributed by atoms with Crippen LogP contribution in [0.1, 0.15) is 23.2 Å². The van der Waals surface area contributed by atoms with Gasteiger partial charge < -0.3 is 9.72 Å². The zero-order chi connectivity index (χ0) is 21.9. The molecule has 1 saturated heterocycles. The molecule has 3 aromatic rings. The summed E-state index contributed by atoms with van der Waals surface area (Å²) in [5.41, 5.74) is 6.62. The van der Waals surface area contributed by atoms with E-state index < -0.39 is 0 Å².